The molecule has 6 heteroatoms. The number of aromatic nitrogens is 3. The maximum absolute atomic E-state index is 4.26. The quantitative estimate of drug-likeness (QED) is 0.885. The fourth-order valence-corrected chi connectivity index (χ4v) is 3.42. The van der Waals surface area contributed by atoms with Crippen molar-refractivity contribution in [3.05, 3.63) is 27.2 Å². The van der Waals surface area contributed by atoms with E-state index in [1.807, 2.05) is 11.7 Å². The molecule has 0 saturated heterocycles. The number of hydrogen-bond acceptors (Lipinski definition) is 6. The molecule has 0 aromatic carbocycles. The lowest BCUT2D eigenvalue weighted by Gasteiger charge is -2.17. The zero-order valence-electron chi connectivity index (χ0n) is 10.9. The molecule has 1 N–H and O–H groups in total. The lowest BCUT2D eigenvalue weighted by Crippen LogP contribution is -2.23. The van der Waals surface area contributed by atoms with E-state index in [0.717, 1.165) is 18.7 Å². The molecule has 0 fully saturated rings. The molecular formula is C12H18N4S2. The maximum atomic E-state index is 4.26. The second kappa shape index (κ2) is 6.36. The number of nitrogens with zero attached hydrogens (tertiary/aromatic N) is 3. The minimum absolute atomic E-state index is 0.299. The van der Waals surface area contributed by atoms with Crippen LogP contribution in [0.3, 0.4) is 0 Å². The first-order valence-electron chi connectivity index (χ1n) is 6.15. The molecule has 0 bridgehead atoms. The lowest BCUT2D eigenvalue weighted by atomic mass is 10.0. The summed E-state index contributed by atoms with van der Waals surface area (Å²) in [5, 5.41) is 7.79. The number of nitrogens with one attached hydrogen (secondary N) is 1. The number of rotatable bonds is 6. The topological polar surface area (TPSA) is 50.7 Å². The van der Waals surface area contributed by atoms with E-state index in [2.05, 4.69) is 40.7 Å². The van der Waals surface area contributed by atoms with Crippen molar-refractivity contribution in [2.24, 2.45) is 0 Å². The van der Waals surface area contributed by atoms with Crippen LogP contribution >= 0.6 is 22.9 Å². The molecule has 2 rings (SSSR count). The summed E-state index contributed by atoms with van der Waals surface area (Å²) >= 11 is 3.21. The van der Waals surface area contributed by atoms with E-state index < -0.39 is 0 Å². The summed E-state index contributed by atoms with van der Waals surface area (Å²) in [6.45, 7) is 7.40. The Morgan fingerprint density at radius 1 is 1.39 bits per heavy atom. The van der Waals surface area contributed by atoms with E-state index in [1.54, 1.807) is 11.3 Å². The molecule has 0 saturated carbocycles. The molecule has 18 heavy (non-hydrogen) atoms. The second-order valence-corrected chi connectivity index (χ2v) is 6.22. The van der Waals surface area contributed by atoms with Crippen LogP contribution in [0.2, 0.25) is 0 Å². The summed E-state index contributed by atoms with van der Waals surface area (Å²) in [5.41, 5.74) is 3.00. The van der Waals surface area contributed by atoms with Crippen LogP contribution < -0.4 is 5.32 Å². The Bertz CT molecular complexity index is 464. The van der Waals surface area contributed by atoms with Gasteiger partial charge in [-0.3, -0.25) is 4.98 Å². The zero-order chi connectivity index (χ0) is 13.0. The molecule has 2 aromatic heterocycles. The van der Waals surface area contributed by atoms with Gasteiger partial charge in [-0.2, -0.15) is 0 Å². The predicted molar refractivity (Wildman–Crippen MR) is 76.2 cm³/mol. The minimum atomic E-state index is 0.299. The molecule has 2 heterocycles. The van der Waals surface area contributed by atoms with Crippen LogP contribution in [-0.2, 0) is 6.42 Å². The largest absolute Gasteiger partial charge is 0.309 e. The molecule has 1 atom stereocenters. The second-order valence-electron chi connectivity index (χ2n) is 4.46. The highest BCUT2D eigenvalue weighted by molar-refractivity contribution is 7.09. The van der Waals surface area contributed by atoms with Gasteiger partial charge in [-0.05, 0) is 24.0 Å². The molecule has 0 spiro atoms. The van der Waals surface area contributed by atoms with Crippen LogP contribution in [0.1, 0.15) is 48.2 Å². The van der Waals surface area contributed by atoms with Gasteiger partial charge in [0, 0.05) is 23.5 Å². The maximum Gasteiger partial charge on any atom is 0.0829 e. The molecule has 0 amide bonds. The first kappa shape index (κ1) is 13.6. The SMILES string of the molecule is CCNC(Cc1cncs1)c1snnc1C(C)C. The minimum Gasteiger partial charge on any atom is -0.309 e. The Balaban J connectivity index is 2.21. The van der Waals surface area contributed by atoms with Crippen LogP contribution in [0, 0.1) is 0 Å². The Kier molecular flexibility index (Phi) is 4.79. The van der Waals surface area contributed by atoms with Crippen LogP contribution in [-0.4, -0.2) is 21.1 Å². The average Bonchev–Trinajstić information content (AvgIpc) is 2.99. The predicted octanol–water partition coefficient (Wildman–Crippen LogP) is 3.01. The zero-order valence-corrected chi connectivity index (χ0v) is 12.5. The fourth-order valence-electron chi connectivity index (χ4n) is 1.89. The van der Waals surface area contributed by atoms with E-state index in [4.69, 9.17) is 0 Å². The molecule has 0 aliphatic heterocycles. The van der Waals surface area contributed by atoms with Crippen molar-refractivity contribution >= 4 is 22.9 Å². The normalized spacial score (nSPS) is 13.1. The summed E-state index contributed by atoms with van der Waals surface area (Å²) in [5.74, 6) is 0.418. The highest BCUT2D eigenvalue weighted by Gasteiger charge is 2.21. The fraction of sp³-hybridized carbons (Fsp3) is 0.583. The van der Waals surface area contributed by atoms with Crippen molar-refractivity contribution in [1.29, 1.82) is 0 Å². The van der Waals surface area contributed by atoms with Gasteiger partial charge in [-0.1, -0.05) is 25.3 Å². The van der Waals surface area contributed by atoms with E-state index >= 15 is 0 Å². The molecule has 0 radical (unpaired) electrons. The van der Waals surface area contributed by atoms with Crippen LogP contribution in [0.5, 0.6) is 0 Å². The van der Waals surface area contributed by atoms with Crippen molar-refractivity contribution in [2.45, 2.75) is 39.2 Å². The van der Waals surface area contributed by atoms with E-state index in [-0.39, 0.29) is 0 Å². The van der Waals surface area contributed by atoms with Gasteiger partial charge in [-0.25, -0.2) is 0 Å². The van der Waals surface area contributed by atoms with Gasteiger partial charge >= 0.3 is 0 Å². The van der Waals surface area contributed by atoms with E-state index in [0.29, 0.717) is 12.0 Å². The molecule has 98 valence electrons. The summed E-state index contributed by atoms with van der Waals surface area (Å²) in [6, 6.07) is 0.299. The van der Waals surface area contributed by atoms with Crippen LogP contribution in [0.15, 0.2) is 11.7 Å². The summed E-state index contributed by atoms with van der Waals surface area (Å²) in [4.78, 5) is 6.70. The Morgan fingerprint density at radius 3 is 2.83 bits per heavy atom. The molecule has 2 aromatic rings. The van der Waals surface area contributed by atoms with Gasteiger partial charge < -0.3 is 5.32 Å². The highest BCUT2D eigenvalue weighted by atomic mass is 32.1. The number of likely N-dealkylation sites (N-methyl/N-ethyl adjacent to an activating group) is 1. The van der Waals surface area contributed by atoms with Gasteiger partial charge in [0.2, 0.25) is 0 Å². The summed E-state index contributed by atoms with van der Waals surface area (Å²) in [6.07, 6.45) is 2.90. The Labute approximate surface area is 116 Å². The van der Waals surface area contributed by atoms with Crippen molar-refractivity contribution in [3.8, 4) is 0 Å². The number of hydrogen-bond donors (Lipinski definition) is 1. The van der Waals surface area contributed by atoms with E-state index in [9.17, 15) is 0 Å². The third kappa shape index (κ3) is 3.13. The average molecular weight is 282 g/mol. The summed E-state index contributed by atoms with van der Waals surface area (Å²) < 4.78 is 4.12. The van der Waals surface area contributed by atoms with Gasteiger partial charge in [0.25, 0.3) is 0 Å². The van der Waals surface area contributed by atoms with Gasteiger partial charge in [0.15, 0.2) is 0 Å². The van der Waals surface area contributed by atoms with Gasteiger partial charge in [0.1, 0.15) is 0 Å². The third-order valence-electron chi connectivity index (χ3n) is 2.74. The van der Waals surface area contributed by atoms with Gasteiger partial charge in [0.05, 0.1) is 16.1 Å². The van der Waals surface area contributed by atoms with Crippen molar-refractivity contribution in [3.63, 3.8) is 0 Å². The first-order chi connectivity index (χ1) is 8.72. The monoisotopic (exact) mass is 282 g/mol. The van der Waals surface area contributed by atoms with Crippen molar-refractivity contribution in [2.75, 3.05) is 6.54 Å². The number of thiazole rings is 1. The molecule has 0 aliphatic rings. The Morgan fingerprint density at radius 2 is 2.22 bits per heavy atom. The van der Waals surface area contributed by atoms with Gasteiger partial charge in [-0.15, -0.1) is 16.4 Å². The smallest absolute Gasteiger partial charge is 0.0829 e. The lowest BCUT2D eigenvalue weighted by molar-refractivity contribution is 0.552. The third-order valence-corrected chi connectivity index (χ3v) is 4.40. The van der Waals surface area contributed by atoms with Crippen LogP contribution in [0.25, 0.3) is 0 Å². The van der Waals surface area contributed by atoms with Crippen LogP contribution in [0.4, 0.5) is 0 Å². The standard InChI is InChI=1S/C12H18N4S2/c1-4-14-10(5-9-6-13-7-17-9)12-11(8(2)3)15-16-18-12/h6-8,10,14H,4-5H2,1-3H3. The van der Waals surface area contributed by atoms with Crippen molar-refractivity contribution in [1.82, 2.24) is 19.9 Å². The Hall–Kier alpha value is -0.850. The van der Waals surface area contributed by atoms with Crippen molar-refractivity contribution < 1.29 is 0 Å². The van der Waals surface area contributed by atoms with E-state index in [1.165, 1.54) is 21.3 Å². The molecular weight excluding hydrogens is 264 g/mol. The molecule has 4 nitrogen and oxygen atoms in total. The molecule has 0 aliphatic carbocycles. The summed E-state index contributed by atoms with van der Waals surface area (Å²) in [7, 11) is 0. The highest BCUT2D eigenvalue weighted by Crippen LogP contribution is 2.29. The first-order valence-corrected chi connectivity index (χ1v) is 7.80. The molecule has 1 unspecified atom stereocenters.